The van der Waals surface area contributed by atoms with Gasteiger partial charge in [-0.25, -0.2) is 4.98 Å². The summed E-state index contributed by atoms with van der Waals surface area (Å²) >= 11 is 14.8. The van der Waals surface area contributed by atoms with E-state index in [1.54, 1.807) is 18.2 Å². The molecule has 2 rings (SSSR count). The molecule has 1 atom stereocenters. The lowest BCUT2D eigenvalue weighted by molar-refractivity contribution is -0.141. The van der Waals surface area contributed by atoms with Crippen LogP contribution in [0.2, 0.25) is 10.2 Å². The number of aliphatic hydroxyl groups excluding tert-OH is 1. The second kappa shape index (κ2) is 6.12. The third-order valence-electron chi connectivity index (χ3n) is 2.72. The van der Waals surface area contributed by atoms with Crippen LogP contribution < -0.4 is 0 Å². The highest BCUT2D eigenvalue weighted by Crippen LogP contribution is 2.35. The normalized spacial score (nSPS) is 13.3. The fourth-order valence-electron chi connectivity index (χ4n) is 1.70. The van der Waals surface area contributed by atoms with E-state index in [9.17, 15) is 18.3 Å². The molecule has 21 heavy (non-hydrogen) atoms. The molecule has 1 unspecified atom stereocenters. The molecule has 2 aromatic rings. The summed E-state index contributed by atoms with van der Waals surface area (Å²) < 4.78 is 38.1. The summed E-state index contributed by atoms with van der Waals surface area (Å²) in [6.07, 6.45) is -5.81. The van der Waals surface area contributed by atoms with E-state index >= 15 is 0 Å². The van der Waals surface area contributed by atoms with Gasteiger partial charge in [-0.1, -0.05) is 51.3 Å². The first-order valence-electron chi connectivity index (χ1n) is 5.57. The highest BCUT2D eigenvalue weighted by molar-refractivity contribution is 9.10. The summed E-state index contributed by atoms with van der Waals surface area (Å²) in [6.45, 7) is 0. The van der Waals surface area contributed by atoms with Crippen LogP contribution in [0, 0.1) is 0 Å². The highest BCUT2D eigenvalue weighted by atomic mass is 79.9. The number of benzene rings is 1. The Labute approximate surface area is 136 Å². The first-order valence-corrected chi connectivity index (χ1v) is 7.11. The Hall–Kier alpha value is -0.820. The molecular formula is C13H7BrCl2F3NO. The number of rotatable bonds is 2. The van der Waals surface area contributed by atoms with E-state index in [1.165, 1.54) is 0 Å². The summed E-state index contributed by atoms with van der Waals surface area (Å²) in [5.74, 6) is 0. The second-order valence-electron chi connectivity index (χ2n) is 4.14. The highest BCUT2D eigenvalue weighted by Gasteiger charge is 2.33. The van der Waals surface area contributed by atoms with Crippen LogP contribution in [0.1, 0.15) is 22.9 Å². The summed E-state index contributed by atoms with van der Waals surface area (Å²) in [5, 5.41) is 10.3. The molecule has 0 bridgehead atoms. The fourth-order valence-corrected chi connectivity index (χ4v) is 2.85. The summed E-state index contributed by atoms with van der Waals surface area (Å²) in [5.41, 5.74) is -0.617. The van der Waals surface area contributed by atoms with Crippen molar-refractivity contribution in [2.75, 3.05) is 0 Å². The number of aliphatic hydroxyl groups is 1. The zero-order valence-electron chi connectivity index (χ0n) is 10.1. The Balaban J connectivity index is 2.42. The molecule has 112 valence electrons. The van der Waals surface area contributed by atoms with Gasteiger partial charge in [-0.3, -0.25) is 0 Å². The second-order valence-corrected chi connectivity index (χ2v) is 5.79. The Kier molecular flexibility index (Phi) is 4.82. The van der Waals surface area contributed by atoms with Crippen molar-refractivity contribution in [3.8, 4) is 0 Å². The van der Waals surface area contributed by atoms with Gasteiger partial charge in [-0.15, -0.1) is 0 Å². The summed E-state index contributed by atoms with van der Waals surface area (Å²) in [6, 6.07) is 6.53. The van der Waals surface area contributed by atoms with Crippen molar-refractivity contribution in [1.82, 2.24) is 4.98 Å². The largest absolute Gasteiger partial charge is 0.433 e. The number of halogens is 6. The quantitative estimate of drug-likeness (QED) is 0.698. The number of nitrogens with zero attached hydrogens (tertiary/aromatic N) is 1. The molecule has 8 heteroatoms. The molecule has 1 N–H and O–H groups in total. The van der Waals surface area contributed by atoms with Crippen molar-refractivity contribution in [3.63, 3.8) is 0 Å². The van der Waals surface area contributed by atoms with Crippen molar-refractivity contribution in [1.29, 1.82) is 0 Å². The van der Waals surface area contributed by atoms with Gasteiger partial charge in [0.15, 0.2) is 0 Å². The van der Waals surface area contributed by atoms with Gasteiger partial charge in [0.25, 0.3) is 0 Å². The molecule has 0 aliphatic rings. The Morgan fingerprint density at radius 3 is 2.24 bits per heavy atom. The van der Waals surface area contributed by atoms with Crippen LogP contribution in [0.15, 0.2) is 34.8 Å². The first-order chi connectivity index (χ1) is 9.70. The Morgan fingerprint density at radius 1 is 1.10 bits per heavy atom. The number of hydrogen-bond donors (Lipinski definition) is 1. The van der Waals surface area contributed by atoms with E-state index in [0.717, 1.165) is 12.1 Å². The Bertz CT molecular complexity index is 679. The Morgan fingerprint density at radius 2 is 1.71 bits per heavy atom. The van der Waals surface area contributed by atoms with Crippen LogP contribution in [0.3, 0.4) is 0 Å². The molecule has 0 aliphatic heterocycles. The minimum absolute atomic E-state index is 0.0766. The molecule has 0 saturated heterocycles. The third-order valence-corrected chi connectivity index (χ3v) is 3.94. The topological polar surface area (TPSA) is 33.1 Å². The maximum Gasteiger partial charge on any atom is 0.433 e. The minimum atomic E-state index is -4.59. The predicted octanol–water partition coefficient (Wildman–Crippen LogP) is 5.25. The van der Waals surface area contributed by atoms with E-state index < -0.39 is 23.1 Å². The number of hydrogen-bond acceptors (Lipinski definition) is 2. The predicted molar refractivity (Wildman–Crippen MR) is 77.5 cm³/mol. The molecule has 2 nitrogen and oxygen atoms in total. The zero-order valence-corrected chi connectivity index (χ0v) is 13.2. The van der Waals surface area contributed by atoms with Crippen LogP contribution in [0.5, 0.6) is 0 Å². The maximum absolute atomic E-state index is 12.5. The van der Waals surface area contributed by atoms with Crippen molar-refractivity contribution in [2.24, 2.45) is 0 Å². The lowest BCUT2D eigenvalue weighted by Gasteiger charge is -2.16. The van der Waals surface area contributed by atoms with E-state index in [4.69, 9.17) is 23.2 Å². The van der Waals surface area contributed by atoms with E-state index in [1.807, 2.05) is 0 Å². The number of pyridine rings is 1. The van der Waals surface area contributed by atoms with Crippen molar-refractivity contribution in [3.05, 3.63) is 61.8 Å². The molecule has 0 spiro atoms. The van der Waals surface area contributed by atoms with Gasteiger partial charge >= 0.3 is 6.18 Å². The first kappa shape index (κ1) is 16.5. The van der Waals surface area contributed by atoms with Gasteiger partial charge in [-0.05, 0) is 23.8 Å². The van der Waals surface area contributed by atoms with Gasteiger partial charge in [0.05, 0.1) is 0 Å². The molecule has 0 aliphatic carbocycles. The van der Waals surface area contributed by atoms with Gasteiger partial charge in [0.2, 0.25) is 0 Å². The monoisotopic (exact) mass is 399 g/mol. The molecule has 0 saturated carbocycles. The zero-order chi connectivity index (χ0) is 15.8. The average molecular weight is 401 g/mol. The van der Waals surface area contributed by atoms with Crippen molar-refractivity contribution >= 4 is 39.1 Å². The molecule has 0 fully saturated rings. The SMILES string of the molecule is OC(c1ccc(Cl)cc1Br)c1ccc(C(F)(F)F)nc1Cl. The van der Waals surface area contributed by atoms with Gasteiger partial charge in [0, 0.05) is 15.1 Å². The standard InChI is InChI=1S/C13H7BrCl2F3NO/c14-9-5-6(15)1-2-7(9)11(21)8-3-4-10(13(17,18)19)20-12(8)16/h1-5,11,21H. The third kappa shape index (κ3) is 3.69. The molecule has 1 aromatic heterocycles. The lowest BCUT2D eigenvalue weighted by atomic mass is 10.0. The van der Waals surface area contributed by atoms with E-state index in [0.29, 0.717) is 15.1 Å². The van der Waals surface area contributed by atoms with Crippen LogP contribution >= 0.6 is 39.1 Å². The number of alkyl halides is 3. The molecule has 0 amide bonds. The fraction of sp³-hybridized carbons (Fsp3) is 0.154. The minimum Gasteiger partial charge on any atom is -0.384 e. The van der Waals surface area contributed by atoms with E-state index in [-0.39, 0.29) is 5.56 Å². The maximum atomic E-state index is 12.5. The summed E-state index contributed by atoms with van der Waals surface area (Å²) in [4.78, 5) is 3.28. The van der Waals surface area contributed by atoms with Crippen LogP contribution in [-0.2, 0) is 6.18 Å². The lowest BCUT2D eigenvalue weighted by Crippen LogP contribution is -2.10. The van der Waals surface area contributed by atoms with Crippen LogP contribution in [0.25, 0.3) is 0 Å². The van der Waals surface area contributed by atoms with Gasteiger partial charge in [0.1, 0.15) is 17.0 Å². The molecule has 0 radical (unpaired) electrons. The van der Waals surface area contributed by atoms with Gasteiger partial charge in [-0.2, -0.15) is 13.2 Å². The molecular weight excluding hydrogens is 394 g/mol. The van der Waals surface area contributed by atoms with E-state index in [2.05, 4.69) is 20.9 Å². The number of aromatic nitrogens is 1. The average Bonchev–Trinajstić information content (AvgIpc) is 2.36. The van der Waals surface area contributed by atoms with Crippen LogP contribution in [-0.4, -0.2) is 10.1 Å². The molecule has 1 aromatic carbocycles. The van der Waals surface area contributed by atoms with Crippen LogP contribution in [0.4, 0.5) is 13.2 Å². The summed E-state index contributed by atoms with van der Waals surface area (Å²) in [7, 11) is 0. The van der Waals surface area contributed by atoms with Crippen molar-refractivity contribution in [2.45, 2.75) is 12.3 Å². The smallest absolute Gasteiger partial charge is 0.384 e. The molecule has 1 heterocycles. The van der Waals surface area contributed by atoms with Crippen molar-refractivity contribution < 1.29 is 18.3 Å². The van der Waals surface area contributed by atoms with Gasteiger partial charge < -0.3 is 5.11 Å².